The van der Waals surface area contributed by atoms with Crippen LogP contribution in [0.15, 0.2) is 41.0 Å². The van der Waals surface area contributed by atoms with Crippen molar-refractivity contribution in [3.63, 3.8) is 0 Å². The van der Waals surface area contributed by atoms with Crippen LogP contribution in [0.1, 0.15) is 16.1 Å². The molecule has 0 unspecified atom stereocenters. The molecule has 0 saturated carbocycles. The minimum atomic E-state index is -4.74. The van der Waals surface area contributed by atoms with Crippen LogP contribution in [0.2, 0.25) is 0 Å². The fraction of sp³-hybridized carbons (Fsp3) is 0.368. The number of hydrogen-bond donors (Lipinski definition) is 2. The van der Waals surface area contributed by atoms with Gasteiger partial charge in [-0.25, -0.2) is 8.42 Å². The second kappa shape index (κ2) is 9.20. The number of hydrogen-bond acceptors (Lipinski definition) is 6. The van der Waals surface area contributed by atoms with E-state index in [1.807, 2.05) is 0 Å². The quantitative estimate of drug-likeness (QED) is 0.663. The monoisotopic (exact) mass is 474 g/mol. The van der Waals surface area contributed by atoms with Gasteiger partial charge >= 0.3 is 6.18 Å². The first kappa shape index (κ1) is 23.6. The number of rotatable bonds is 6. The van der Waals surface area contributed by atoms with E-state index in [9.17, 15) is 31.2 Å². The number of amides is 2. The Morgan fingerprint density at radius 2 is 1.81 bits per heavy atom. The average molecular weight is 474 g/mol. The SMILES string of the molecule is CS(=O)(=O)N1CCN(C(=O)CNc2ccc(NC(=O)c3ccco3)cc2C(F)(F)F)CC1. The average Bonchev–Trinajstić information content (AvgIpc) is 3.26. The Morgan fingerprint density at radius 1 is 1.12 bits per heavy atom. The maximum atomic E-state index is 13.5. The fourth-order valence-electron chi connectivity index (χ4n) is 3.16. The predicted octanol–water partition coefficient (Wildman–Crippen LogP) is 2.07. The zero-order chi connectivity index (χ0) is 23.5. The van der Waals surface area contributed by atoms with Gasteiger partial charge in [0.15, 0.2) is 5.76 Å². The lowest BCUT2D eigenvalue weighted by molar-refractivity contribution is -0.137. The maximum Gasteiger partial charge on any atom is 0.418 e. The molecule has 2 heterocycles. The van der Waals surface area contributed by atoms with Gasteiger partial charge in [0, 0.05) is 37.6 Å². The number of sulfonamides is 1. The molecule has 3 rings (SSSR count). The summed E-state index contributed by atoms with van der Waals surface area (Å²) in [6.07, 6.45) is -2.40. The number of halogens is 3. The Hall–Kier alpha value is -3.06. The molecule has 1 aromatic heterocycles. The summed E-state index contributed by atoms with van der Waals surface area (Å²) < 4.78 is 69.9. The van der Waals surface area contributed by atoms with Crippen LogP contribution in [0.5, 0.6) is 0 Å². The number of nitrogens with one attached hydrogen (secondary N) is 2. The van der Waals surface area contributed by atoms with E-state index in [1.165, 1.54) is 33.7 Å². The summed E-state index contributed by atoms with van der Waals surface area (Å²) in [5.74, 6) is -1.21. The van der Waals surface area contributed by atoms with Crippen molar-refractivity contribution < 1.29 is 35.6 Å². The Labute approximate surface area is 182 Å². The summed E-state index contributed by atoms with van der Waals surface area (Å²) in [6, 6.07) is 6.00. The first-order valence-electron chi connectivity index (χ1n) is 9.48. The van der Waals surface area contributed by atoms with Gasteiger partial charge in [-0.1, -0.05) is 0 Å². The lowest BCUT2D eigenvalue weighted by atomic mass is 10.1. The fourth-order valence-corrected chi connectivity index (χ4v) is 3.99. The third-order valence-electron chi connectivity index (χ3n) is 4.82. The lowest BCUT2D eigenvalue weighted by Crippen LogP contribution is -2.51. The van der Waals surface area contributed by atoms with Gasteiger partial charge < -0.3 is 20.0 Å². The minimum absolute atomic E-state index is 0.0534. The molecule has 2 aromatic rings. The number of benzene rings is 1. The van der Waals surface area contributed by atoms with Crippen LogP contribution in [0, 0.1) is 0 Å². The highest BCUT2D eigenvalue weighted by Gasteiger charge is 2.34. The standard InChI is InChI=1S/C19H21F3N4O5S/c1-32(29,30)26-8-6-25(7-9-26)17(27)12-23-15-5-4-13(11-14(15)19(20,21)22)24-18(28)16-3-2-10-31-16/h2-5,10-11,23H,6-9,12H2,1H3,(H,24,28). The van der Waals surface area contributed by atoms with Crippen molar-refractivity contribution in [1.29, 1.82) is 0 Å². The summed E-state index contributed by atoms with van der Waals surface area (Å²) in [6.45, 7) is 0.153. The zero-order valence-corrected chi connectivity index (χ0v) is 17.8. The summed E-state index contributed by atoms with van der Waals surface area (Å²) >= 11 is 0. The molecule has 0 bridgehead atoms. The van der Waals surface area contributed by atoms with Crippen LogP contribution in [0.25, 0.3) is 0 Å². The van der Waals surface area contributed by atoms with E-state index in [2.05, 4.69) is 10.6 Å². The van der Waals surface area contributed by atoms with Crippen molar-refractivity contribution in [1.82, 2.24) is 9.21 Å². The molecule has 1 fully saturated rings. The molecule has 0 spiro atoms. The molecule has 2 amide bonds. The van der Waals surface area contributed by atoms with Gasteiger partial charge in [0.05, 0.1) is 24.6 Å². The largest absolute Gasteiger partial charge is 0.459 e. The van der Waals surface area contributed by atoms with E-state index in [-0.39, 0.29) is 43.3 Å². The summed E-state index contributed by atoms with van der Waals surface area (Å²) in [5.41, 5.74) is -1.46. The van der Waals surface area contributed by atoms with Gasteiger partial charge in [-0.2, -0.15) is 17.5 Å². The van der Waals surface area contributed by atoms with E-state index in [0.29, 0.717) is 0 Å². The zero-order valence-electron chi connectivity index (χ0n) is 17.0. The van der Waals surface area contributed by atoms with Crippen LogP contribution < -0.4 is 10.6 Å². The second-order valence-electron chi connectivity index (χ2n) is 7.09. The summed E-state index contributed by atoms with van der Waals surface area (Å²) in [4.78, 5) is 25.8. The Morgan fingerprint density at radius 3 is 2.38 bits per heavy atom. The number of carbonyl (C=O) groups is 2. The van der Waals surface area contributed by atoms with Crippen molar-refractivity contribution in [2.24, 2.45) is 0 Å². The Bertz CT molecular complexity index is 1080. The number of nitrogens with zero attached hydrogens (tertiary/aromatic N) is 2. The molecular weight excluding hydrogens is 453 g/mol. The highest BCUT2D eigenvalue weighted by Crippen LogP contribution is 2.36. The number of furan rings is 1. The molecule has 174 valence electrons. The number of anilines is 2. The van der Waals surface area contributed by atoms with Gasteiger partial charge in [-0.05, 0) is 30.3 Å². The molecule has 1 aliphatic heterocycles. The van der Waals surface area contributed by atoms with Crippen molar-refractivity contribution in [3.8, 4) is 0 Å². The number of piperazine rings is 1. The van der Waals surface area contributed by atoms with E-state index in [4.69, 9.17) is 4.42 Å². The molecule has 0 atom stereocenters. The topological polar surface area (TPSA) is 112 Å². The molecule has 0 aliphatic carbocycles. The van der Waals surface area contributed by atoms with Gasteiger partial charge in [-0.15, -0.1) is 0 Å². The van der Waals surface area contributed by atoms with Crippen LogP contribution in [-0.2, 0) is 21.0 Å². The molecule has 13 heteroatoms. The highest BCUT2D eigenvalue weighted by atomic mass is 32.2. The van der Waals surface area contributed by atoms with E-state index >= 15 is 0 Å². The smallest absolute Gasteiger partial charge is 0.418 e. The number of alkyl halides is 3. The third kappa shape index (κ3) is 5.79. The van der Waals surface area contributed by atoms with E-state index < -0.39 is 40.1 Å². The van der Waals surface area contributed by atoms with Crippen LogP contribution in [0.3, 0.4) is 0 Å². The van der Waals surface area contributed by atoms with Crippen molar-refractivity contribution in [2.45, 2.75) is 6.18 Å². The third-order valence-corrected chi connectivity index (χ3v) is 6.12. The molecule has 0 radical (unpaired) electrons. The molecule has 2 N–H and O–H groups in total. The lowest BCUT2D eigenvalue weighted by Gasteiger charge is -2.33. The minimum Gasteiger partial charge on any atom is -0.459 e. The predicted molar refractivity (Wildman–Crippen MR) is 110 cm³/mol. The van der Waals surface area contributed by atoms with Crippen molar-refractivity contribution in [2.75, 3.05) is 49.6 Å². The first-order valence-corrected chi connectivity index (χ1v) is 11.3. The van der Waals surface area contributed by atoms with Gasteiger partial charge in [0.2, 0.25) is 15.9 Å². The van der Waals surface area contributed by atoms with Crippen LogP contribution in [0.4, 0.5) is 24.5 Å². The van der Waals surface area contributed by atoms with Gasteiger partial charge in [0.25, 0.3) is 5.91 Å². The second-order valence-corrected chi connectivity index (χ2v) is 9.07. The van der Waals surface area contributed by atoms with Crippen LogP contribution in [-0.4, -0.2) is 68.4 Å². The van der Waals surface area contributed by atoms with Crippen LogP contribution >= 0.6 is 0 Å². The summed E-state index contributed by atoms with van der Waals surface area (Å²) in [5, 5.41) is 4.82. The molecule has 1 saturated heterocycles. The molecular formula is C19H21F3N4O5S. The molecule has 32 heavy (non-hydrogen) atoms. The summed E-state index contributed by atoms with van der Waals surface area (Å²) in [7, 11) is -3.36. The Balaban J connectivity index is 1.65. The number of carbonyl (C=O) groups excluding carboxylic acids is 2. The van der Waals surface area contributed by atoms with Crippen molar-refractivity contribution >= 4 is 33.2 Å². The van der Waals surface area contributed by atoms with Gasteiger partial charge in [0.1, 0.15) is 0 Å². The van der Waals surface area contributed by atoms with Crippen molar-refractivity contribution in [3.05, 3.63) is 47.9 Å². The van der Waals surface area contributed by atoms with E-state index in [0.717, 1.165) is 18.4 Å². The molecule has 9 nitrogen and oxygen atoms in total. The first-order chi connectivity index (χ1) is 14.9. The molecule has 1 aliphatic rings. The molecule has 1 aromatic carbocycles. The van der Waals surface area contributed by atoms with Gasteiger partial charge in [-0.3, -0.25) is 9.59 Å². The highest BCUT2D eigenvalue weighted by molar-refractivity contribution is 7.88. The Kier molecular flexibility index (Phi) is 6.79. The van der Waals surface area contributed by atoms with E-state index in [1.54, 1.807) is 0 Å². The maximum absolute atomic E-state index is 13.5. The normalized spacial score (nSPS) is 15.4.